The second-order valence-corrected chi connectivity index (χ2v) is 7.37. The van der Waals surface area contributed by atoms with Crippen LogP contribution in [0.1, 0.15) is 32.1 Å². The second kappa shape index (κ2) is 6.93. The van der Waals surface area contributed by atoms with Gasteiger partial charge in [-0.25, -0.2) is 8.42 Å². The van der Waals surface area contributed by atoms with Crippen molar-refractivity contribution < 1.29 is 8.42 Å². The molecule has 0 radical (unpaired) electrons. The number of guanidine groups is 1. The molecule has 0 bridgehead atoms. The van der Waals surface area contributed by atoms with Gasteiger partial charge in [-0.05, 0) is 38.0 Å². The Morgan fingerprint density at radius 3 is 2.39 bits per heavy atom. The van der Waals surface area contributed by atoms with E-state index in [0.717, 1.165) is 19.3 Å². The first kappa shape index (κ1) is 16.0. The lowest BCUT2D eigenvalue weighted by Crippen LogP contribution is -2.33. The van der Waals surface area contributed by atoms with E-state index in [0.29, 0.717) is 36.0 Å². The molecule has 18 heavy (non-hydrogen) atoms. The maximum absolute atomic E-state index is 11.2. The SMILES string of the molecule is I.NC(=NCCC1CCS(=O)(=O)CC1)NC1CC1. The number of nitrogens with zero attached hydrogens (tertiary/aromatic N) is 1. The minimum Gasteiger partial charge on any atom is -0.370 e. The summed E-state index contributed by atoms with van der Waals surface area (Å²) in [7, 11) is -2.74. The van der Waals surface area contributed by atoms with Crippen molar-refractivity contribution in [3.8, 4) is 0 Å². The van der Waals surface area contributed by atoms with E-state index < -0.39 is 9.84 Å². The van der Waals surface area contributed by atoms with Crippen LogP contribution in [0.2, 0.25) is 0 Å². The molecule has 2 rings (SSSR count). The van der Waals surface area contributed by atoms with E-state index in [1.54, 1.807) is 0 Å². The molecule has 1 aliphatic heterocycles. The number of aliphatic imine (C=N–C) groups is 1. The van der Waals surface area contributed by atoms with Crippen molar-refractivity contribution in [3.63, 3.8) is 0 Å². The Hall–Kier alpha value is -0.0500. The maximum Gasteiger partial charge on any atom is 0.188 e. The van der Waals surface area contributed by atoms with E-state index in [9.17, 15) is 8.42 Å². The van der Waals surface area contributed by atoms with Gasteiger partial charge in [0, 0.05) is 12.6 Å². The highest BCUT2D eigenvalue weighted by Gasteiger charge is 2.23. The van der Waals surface area contributed by atoms with Crippen LogP contribution in [-0.4, -0.2) is 38.5 Å². The summed E-state index contributed by atoms with van der Waals surface area (Å²) in [6.07, 6.45) is 4.90. The van der Waals surface area contributed by atoms with Crippen molar-refractivity contribution in [2.75, 3.05) is 18.1 Å². The molecule has 1 saturated carbocycles. The fourth-order valence-electron chi connectivity index (χ4n) is 2.08. The van der Waals surface area contributed by atoms with E-state index in [-0.39, 0.29) is 24.0 Å². The lowest BCUT2D eigenvalue weighted by Gasteiger charge is -2.20. The topological polar surface area (TPSA) is 84.5 Å². The molecule has 7 heteroatoms. The molecule has 0 aromatic heterocycles. The molecular weight excluding hydrogens is 365 g/mol. The number of hydrogen-bond donors (Lipinski definition) is 2. The normalized spacial score (nSPS) is 24.3. The predicted molar refractivity (Wildman–Crippen MR) is 84.1 cm³/mol. The molecule has 2 fully saturated rings. The Morgan fingerprint density at radius 1 is 1.22 bits per heavy atom. The summed E-state index contributed by atoms with van der Waals surface area (Å²) in [5, 5.41) is 3.14. The summed E-state index contributed by atoms with van der Waals surface area (Å²) in [6.45, 7) is 0.705. The maximum atomic E-state index is 11.2. The highest BCUT2D eigenvalue weighted by molar-refractivity contribution is 14.0. The highest BCUT2D eigenvalue weighted by atomic mass is 127. The van der Waals surface area contributed by atoms with Crippen LogP contribution in [0.3, 0.4) is 0 Å². The van der Waals surface area contributed by atoms with E-state index in [1.807, 2.05) is 0 Å². The number of nitrogens with one attached hydrogen (secondary N) is 1. The van der Waals surface area contributed by atoms with Gasteiger partial charge in [0.05, 0.1) is 11.5 Å². The predicted octanol–water partition coefficient (Wildman–Crippen LogP) is 0.886. The average molecular weight is 387 g/mol. The average Bonchev–Trinajstić information content (AvgIpc) is 3.04. The molecule has 0 aromatic rings. The third-order valence-electron chi connectivity index (χ3n) is 3.42. The number of nitrogens with two attached hydrogens (primary N) is 1. The van der Waals surface area contributed by atoms with Gasteiger partial charge in [-0.2, -0.15) is 0 Å². The van der Waals surface area contributed by atoms with Crippen LogP contribution in [0.15, 0.2) is 4.99 Å². The smallest absolute Gasteiger partial charge is 0.188 e. The fraction of sp³-hybridized carbons (Fsp3) is 0.909. The van der Waals surface area contributed by atoms with Crippen LogP contribution in [0.25, 0.3) is 0 Å². The molecule has 0 aromatic carbocycles. The van der Waals surface area contributed by atoms with Gasteiger partial charge < -0.3 is 11.1 Å². The van der Waals surface area contributed by atoms with Crippen molar-refractivity contribution >= 4 is 39.8 Å². The van der Waals surface area contributed by atoms with E-state index in [1.165, 1.54) is 12.8 Å². The lowest BCUT2D eigenvalue weighted by molar-refractivity contribution is 0.441. The molecular formula is C11H22IN3O2S. The van der Waals surface area contributed by atoms with Gasteiger partial charge in [0.1, 0.15) is 9.84 Å². The molecule has 1 saturated heterocycles. The summed E-state index contributed by atoms with van der Waals surface area (Å²) in [4.78, 5) is 4.27. The Morgan fingerprint density at radius 2 is 1.83 bits per heavy atom. The zero-order valence-electron chi connectivity index (χ0n) is 10.5. The first-order valence-electron chi connectivity index (χ1n) is 6.32. The van der Waals surface area contributed by atoms with Gasteiger partial charge in [0.15, 0.2) is 5.96 Å². The van der Waals surface area contributed by atoms with Crippen LogP contribution >= 0.6 is 24.0 Å². The van der Waals surface area contributed by atoms with Gasteiger partial charge in [-0.1, -0.05) is 0 Å². The molecule has 106 valence electrons. The highest BCUT2D eigenvalue weighted by Crippen LogP contribution is 2.22. The van der Waals surface area contributed by atoms with Gasteiger partial charge in [-0.15, -0.1) is 24.0 Å². The first-order valence-corrected chi connectivity index (χ1v) is 8.14. The molecule has 0 spiro atoms. The third-order valence-corrected chi connectivity index (χ3v) is 5.14. The molecule has 0 unspecified atom stereocenters. The Kier molecular flexibility index (Phi) is 6.16. The van der Waals surface area contributed by atoms with Crippen LogP contribution in [0.4, 0.5) is 0 Å². The van der Waals surface area contributed by atoms with Gasteiger partial charge in [-0.3, -0.25) is 4.99 Å². The molecule has 1 heterocycles. The summed E-state index contributed by atoms with van der Waals surface area (Å²) >= 11 is 0. The molecule has 0 atom stereocenters. The largest absolute Gasteiger partial charge is 0.370 e. The summed E-state index contributed by atoms with van der Waals surface area (Å²) < 4.78 is 22.5. The zero-order valence-corrected chi connectivity index (χ0v) is 13.6. The van der Waals surface area contributed by atoms with E-state index in [2.05, 4.69) is 10.3 Å². The standard InChI is InChI=1S/C11H21N3O2S.HI/c12-11(14-10-1-2-10)13-6-3-9-4-7-17(15,16)8-5-9;/h9-10H,1-8H2,(H3,12,13,14);1H. The molecule has 0 amide bonds. The van der Waals surface area contributed by atoms with Gasteiger partial charge in [0.25, 0.3) is 0 Å². The van der Waals surface area contributed by atoms with Crippen LogP contribution in [-0.2, 0) is 9.84 Å². The number of halogens is 1. The number of hydrogen-bond acceptors (Lipinski definition) is 3. The third kappa shape index (κ3) is 5.73. The minimum atomic E-state index is -2.74. The molecule has 1 aliphatic carbocycles. The van der Waals surface area contributed by atoms with Crippen molar-refractivity contribution in [2.24, 2.45) is 16.6 Å². The molecule has 2 aliphatic rings. The second-order valence-electron chi connectivity index (χ2n) is 5.07. The number of sulfone groups is 1. The van der Waals surface area contributed by atoms with Crippen LogP contribution in [0, 0.1) is 5.92 Å². The Balaban J connectivity index is 0.00000162. The molecule has 5 nitrogen and oxygen atoms in total. The van der Waals surface area contributed by atoms with Crippen LogP contribution in [0.5, 0.6) is 0 Å². The van der Waals surface area contributed by atoms with Crippen LogP contribution < -0.4 is 11.1 Å². The van der Waals surface area contributed by atoms with Crippen molar-refractivity contribution in [3.05, 3.63) is 0 Å². The van der Waals surface area contributed by atoms with Crippen molar-refractivity contribution in [1.29, 1.82) is 0 Å². The summed E-state index contributed by atoms with van der Waals surface area (Å²) in [5.74, 6) is 1.72. The first-order chi connectivity index (χ1) is 8.05. The molecule has 3 N–H and O–H groups in total. The summed E-state index contributed by atoms with van der Waals surface area (Å²) in [5.41, 5.74) is 5.72. The zero-order chi connectivity index (χ0) is 12.3. The van der Waals surface area contributed by atoms with E-state index >= 15 is 0 Å². The fourth-order valence-corrected chi connectivity index (χ4v) is 3.67. The minimum absolute atomic E-state index is 0. The van der Waals surface area contributed by atoms with Gasteiger partial charge >= 0.3 is 0 Å². The quantitative estimate of drug-likeness (QED) is 0.426. The van der Waals surface area contributed by atoms with Gasteiger partial charge in [0.2, 0.25) is 0 Å². The van der Waals surface area contributed by atoms with Crippen molar-refractivity contribution in [1.82, 2.24) is 5.32 Å². The number of rotatable bonds is 4. The van der Waals surface area contributed by atoms with E-state index in [4.69, 9.17) is 5.73 Å². The monoisotopic (exact) mass is 387 g/mol. The summed E-state index contributed by atoms with van der Waals surface area (Å²) in [6, 6.07) is 0.540. The Labute approximate surface area is 126 Å². The van der Waals surface area contributed by atoms with Crippen molar-refractivity contribution in [2.45, 2.75) is 38.1 Å². The lowest BCUT2D eigenvalue weighted by atomic mass is 9.99. The Bertz CT molecular complexity index is 379.